The molecule has 1 unspecified atom stereocenters. The fourth-order valence-corrected chi connectivity index (χ4v) is 2.17. The molecule has 0 saturated carbocycles. The molecule has 1 rings (SSSR count). The van der Waals surface area contributed by atoms with E-state index in [1.54, 1.807) is 0 Å². The number of nitrogens with one attached hydrogen (secondary N) is 1. The van der Waals surface area contributed by atoms with Gasteiger partial charge in [0, 0.05) is 11.1 Å². The fraction of sp³-hybridized carbons (Fsp3) is 0.667. The van der Waals surface area contributed by atoms with Gasteiger partial charge in [0.05, 0.1) is 6.04 Å². The number of nitrogens with two attached hydrogens (primary N) is 1. The fourth-order valence-electron chi connectivity index (χ4n) is 1.32. The molecule has 0 fully saturated rings. The number of rotatable bonds is 4. The van der Waals surface area contributed by atoms with Crippen molar-refractivity contribution >= 4 is 11.3 Å². The van der Waals surface area contributed by atoms with Crippen molar-refractivity contribution in [1.29, 1.82) is 0 Å². The van der Waals surface area contributed by atoms with E-state index in [1.165, 1.54) is 6.20 Å². The van der Waals surface area contributed by atoms with Gasteiger partial charge in [-0.3, -0.25) is 11.3 Å². The number of hydrogen-bond acceptors (Lipinski definition) is 4. The van der Waals surface area contributed by atoms with E-state index in [4.69, 9.17) is 5.84 Å². The molecule has 3 nitrogen and oxygen atoms in total. The highest BCUT2D eigenvalue weighted by Gasteiger charge is 2.35. The largest absolute Gasteiger partial charge is 0.443 e. The highest BCUT2D eigenvalue weighted by molar-refractivity contribution is 7.11. The van der Waals surface area contributed by atoms with Crippen molar-refractivity contribution in [2.45, 2.75) is 32.5 Å². The SMILES string of the molecule is CC(C)CC(NN)c1cnc(C(F)(F)F)s1. The molecule has 16 heavy (non-hydrogen) atoms. The van der Waals surface area contributed by atoms with Gasteiger partial charge in [-0.25, -0.2) is 4.98 Å². The molecule has 0 saturated heterocycles. The summed E-state index contributed by atoms with van der Waals surface area (Å²) in [6.45, 7) is 3.96. The molecular weight excluding hydrogens is 239 g/mol. The van der Waals surface area contributed by atoms with Crippen LogP contribution < -0.4 is 11.3 Å². The molecule has 0 aliphatic rings. The third-order valence-electron chi connectivity index (χ3n) is 2.02. The zero-order valence-electron chi connectivity index (χ0n) is 9.01. The Morgan fingerprint density at radius 3 is 2.50 bits per heavy atom. The Morgan fingerprint density at radius 1 is 1.50 bits per heavy atom. The lowest BCUT2D eigenvalue weighted by atomic mass is 10.0. The third kappa shape index (κ3) is 3.43. The number of halogens is 3. The quantitative estimate of drug-likeness (QED) is 0.640. The first-order valence-corrected chi connectivity index (χ1v) is 5.65. The van der Waals surface area contributed by atoms with Crippen molar-refractivity contribution in [2.24, 2.45) is 11.8 Å². The van der Waals surface area contributed by atoms with Crippen LogP contribution in [0.4, 0.5) is 13.2 Å². The number of thiazole rings is 1. The van der Waals surface area contributed by atoms with Gasteiger partial charge in [0.1, 0.15) is 0 Å². The second-order valence-electron chi connectivity index (χ2n) is 3.91. The summed E-state index contributed by atoms with van der Waals surface area (Å²) in [5.74, 6) is 5.66. The first kappa shape index (κ1) is 13.4. The monoisotopic (exact) mass is 253 g/mol. The minimum atomic E-state index is -4.38. The summed E-state index contributed by atoms with van der Waals surface area (Å²) in [6.07, 6.45) is -2.46. The number of alkyl halides is 3. The van der Waals surface area contributed by atoms with E-state index >= 15 is 0 Å². The van der Waals surface area contributed by atoms with E-state index in [0.717, 1.165) is 0 Å². The number of hydrazine groups is 1. The van der Waals surface area contributed by atoms with Crippen LogP contribution >= 0.6 is 11.3 Å². The van der Waals surface area contributed by atoms with Gasteiger partial charge in [-0.05, 0) is 12.3 Å². The average molecular weight is 253 g/mol. The van der Waals surface area contributed by atoms with Gasteiger partial charge in [0.15, 0.2) is 5.01 Å². The second-order valence-corrected chi connectivity index (χ2v) is 4.98. The van der Waals surface area contributed by atoms with Crippen molar-refractivity contribution in [1.82, 2.24) is 10.4 Å². The summed E-state index contributed by atoms with van der Waals surface area (Å²) >= 11 is 0.636. The van der Waals surface area contributed by atoms with Crippen LogP contribution in [0.15, 0.2) is 6.20 Å². The van der Waals surface area contributed by atoms with Crippen molar-refractivity contribution in [3.63, 3.8) is 0 Å². The molecule has 0 amide bonds. The van der Waals surface area contributed by atoms with E-state index in [-0.39, 0.29) is 6.04 Å². The molecule has 1 aromatic rings. The summed E-state index contributed by atoms with van der Waals surface area (Å²) in [7, 11) is 0. The highest BCUT2D eigenvalue weighted by Crippen LogP contribution is 2.35. The molecule has 0 aromatic carbocycles. The minimum absolute atomic E-state index is 0.270. The molecule has 0 spiro atoms. The summed E-state index contributed by atoms with van der Waals surface area (Å²) in [5, 5.41) is -0.827. The zero-order valence-corrected chi connectivity index (χ0v) is 9.82. The van der Waals surface area contributed by atoms with Crippen LogP contribution in [0.5, 0.6) is 0 Å². The van der Waals surface area contributed by atoms with Crippen molar-refractivity contribution in [3.05, 3.63) is 16.1 Å². The standard InChI is InChI=1S/C9H14F3N3S/c1-5(2)3-6(15-13)7-4-14-8(16-7)9(10,11)12/h4-6,15H,3,13H2,1-2H3. The van der Waals surface area contributed by atoms with Gasteiger partial charge in [-0.15, -0.1) is 11.3 Å². The summed E-state index contributed by atoms with van der Waals surface area (Å²) in [4.78, 5) is 3.88. The Morgan fingerprint density at radius 2 is 2.12 bits per heavy atom. The molecule has 1 aromatic heterocycles. The number of nitrogens with zero attached hydrogens (tertiary/aromatic N) is 1. The third-order valence-corrected chi connectivity index (χ3v) is 3.17. The van der Waals surface area contributed by atoms with Gasteiger partial charge in [-0.2, -0.15) is 13.2 Å². The van der Waals surface area contributed by atoms with Gasteiger partial charge in [0.2, 0.25) is 0 Å². The molecule has 0 radical (unpaired) electrons. The molecule has 7 heteroatoms. The molecule has 1 atom stereocenters. The van der Waals surface area contributed by atoms with Crippen LogP contribution in [0.2, 0.25) is 0 Å². The van der Waals surface area contributed by atoms with Crippen LogP contribution in [-0.4, -0.2) is 4.98 Å². The predicted molar refractivity (Wildman–Crippen MR) is 56.6 cm³/mol. The average Bonchev–Trinajstić information content (AvgIpc) is 2.61. The maximum absolute atomic E-state index is 12.3. The predicted octanol–water partition coefficient (Wildman–Crippen LogP) is 2.71. The van der Waals surface area contributed by atoms with Crippen LogP contribution in [0.25, 0.3) is 0 Å². The Hall–Kier alpha value is -0.660. The van der Waals surface area contributed by atoms with Crippen LogP contribution in [0.1, 0.15) is 36.2 Å². The second kappa shape index (κ2) is 5.11. The lowest BCUT2D eigenvalue weighted by Crippen LogP contribution is -2.28. The van der Waals surface area contributed by atoms with Gasteiger partial charge >= 0.3 is 6.18 Å². The van der Waals surface area contributed by atoms with Crippen molar-refractivity contribution < 1.29 is 13.2 Å². The molecule has 3 N–H and O–H groups in total. The Bertz CT molecular complexity index is 335. The van der Waals surface area contributed by atoms with E-state index in [0.29, 0.717) is 28.6 Å². The molecule has 92 valence electrons. The Balaban J connectivity index is 2.83. The number of aromatic nitrogens is 1. The van der Waals surface area contributed by atoms with E-state index in [2.05, 4.69) is 10.4 Å². The molecule has 0 aliphatic heterocycles. The van der Waals surface area contributed by atoms with E-state index in [9.17, 15) is 13.2 Å². The zero-order chi connectivity index (χ0) is 12.3. The minimum Gasteiger partial charge on any atom is -0.271 e. The van der Waals surface area contributed by atoms with Gasteiger partial charge in [-0.1, -0.05) is 13.8 Å². The van der Waals surface area contributed by atoms with Gasteiger partial charge in [0.25, 0.3) is 0 Å². The first-order valence-electron chi connectivity index (χ1n) is 4.83. The Labute approximate surface area is 95.8 Å². The molecule has 0 bridgehead atoms. The lowest BCUT2D eigenvalue weighted by molar-refractivity contribution is -0.137. The van der Waals surface area contributed by atoms with Crippen LogP contribution in [0, 0.1) is 5.92 Å². The normalized spacial score (nSPS) is 14.4. The Kier molecular flexibility index (Phi) is 4.28. The van der Waals surface area contributed by atoms with Crippen molar-refractivity contribution in [2.75, 3.05) is 0 Å². The van der Waals surface area contributed by atoms with Gasteiger partial charge < -0.3 is 0 Å². The van der Waals surface area contributed by atoms with E-state index in [1.807, 2.05) is 13.8 Å². The summed E-state index contributed by atoms with van der Waals surface area (Å²) in [6, 6.07) is -0.270. The van der Waals surface area contributed by atoms with Crippen molar-refractivity contribution in [3.8, 4) is 0 Å². The maximum Gasteiger partial charge on any atom is 0.443 e. The summed E-state index contributed by atoms with van der Waals surface area (Å²) < 4.78 is 37.0. The van der Waals surface area contributed by atoms with E-state index < -0.39 is 11.2 Å². The maximum atomic E-state index is 12.3. The lowest BCUT2D eigenvalue weighted by Gasteiger charge is -2.15. The topological polar surface area (TPSA) is 50.9 Å². The van der Waals surface area contributed by atoms with Crippen LogP contribution in [0.3, 0.4) is 0 Å². The van der Waals surface area contributed by atoms with Crippen LogP contribution in [-0.2, 0) is 6.18 Å². The molecule has 1 heterocycles. The first-order chi connectivity index (χ1) is 7.34. The summed E-state index contributed by atoms with van der Waals surface area (Å²) in [5.41, 5.74) is 2.52. The smallest absolute Gasteiger partial charge is 0.271 e. The molecular formula is C9H14F3N3S. The highest BCUT2D eigenvalue weighted by atomic mass is 32.1. The number of hydrogen-bond donors (Lipinski definition) is 2. The molecule has 0 aliphatic carbocycles.